The number of unbranched alkanes of at least 4 members (excludes halogenated alkanes) is 3. The molecule has 1 saturated heterocycles. The van der Waals surface area contributed by atoms with Gasteiger partial charge in [0.25, 0.3) is 0 Å². The van der Waals surface area contributed by atoms with Gasteiger partial charge in [-0.25, -0.2) is 9.98 Å². The quantitative estimate of drug-likeness (QED) is 0.373. The minimum absolute atomic E-state index is 0.423. The Morgan fingerprint density at radius 1 is 1.26 bits per heavy atom. The summed E-state index contributed by atoms with van der Waals surface area (Å²) in [6.45, 7) is 11.4. The lowest BCUT2D eigenvalue weighted by Crippen LogP contribution is -2.42. The number of aliphatic imine (C=N–C) groups is 1. The lowest BCUT2D eigenvalue weighted by atomic mass is 10.1. The molecule has 1 fully saturated rings. The van der Waals surface area contributed by atoms with Gasteiger partial charge in [0.15, 0.2) is 5.96 Å². The maximum absolute atomic E-state index is 5.47. The van der Waals surface area contributed by atoms with E-state index < -0.39 is 0 Å². The van der Waals surface area contributed by atoms with Crippen LogP contribution in [0.5, 0.6) is 0 Å². The number of hydrogen-bond acceptors (Lipinski definition) is 4. The van der Waals surface area contributed by atoms with E-state index in [1.807, 2.05) is 12.3 Å². The van der Waals surface area contributed by atoms with Gasteiger partial charge in [0.1, 0.15) is 5.82 Å². The monoisotopic (exact) mass is 375 g/mol. The van der Waals surface area contributed by atoms with Crippen molar-refractivity contribution in [3.63, 3.8) is 0 Å². The normalized spacial score (nSPS) is 16.3. The Balaban J connectivity index is 1.95. The maximum atomic E-state index is 5.47. The van der Waals surface area contributed by atoms with Crippen LogP contribution in [0.4, 0.5) is 5.82 Å². The Morgan fingerprint density at radius 2 is 2.07 bits per heavy atom. The Bertz CT molecular complexity index is 557. The first-order chi connectivity index (χ1) is 13.2. The molecule has 0 bridgehead atoms. The summed E-state index contributed by atoms with van der Waals surface area (Å²) in [7, 11) is 0. The van der Waals surface area contributed by atoms with Crippen LogP contribution >= 0.6 is 0 Å². The summed E-state index contributed by atoms with van der Waals surface area (Å²) in [6.07, 6.45) is 8.23. The number of pyridine rings is 1. The number of hydrogen-bond donors (Lipinski definition) is 2. The fraction of sp³-hybridized carbons (Fsp3) is 0.714. The Hall–Kier alpha value is -1.82. The van der Waals surface area contributed by atoms with Crippen LogP contribution in [0.25, 0.3) is 0 Å². The Labute approximate surface area is 164 Å². The number of anilines is 1. The zero-order chi connectivity index (χ0) is 19.3. The van der Waals surface area contributed by atoms with Gasteiger partial charge in [-0.2, -0.15) is 0 Å². The van der Waals surface area contributed by atoms with E-state index in [0.29, 0.717) is 12.6 Å². The smallest absolute Gasteiger partial charge is 0.191 e. The molecule has 1 aliphatic heterocycles. The molecule has 152 valence electrons. The first kappa shape index (κ1) is 21.5. The molecular weight excluding hydrogens is 338 g/mol. The van der Waals surface area contributed by atoms with Crippen LogP contribution in [0.15, 0.2) is 23.3 Å². The first-order valence-electron chi connectivity index (χ1n) is 10.6. The van der Waals surface area contributed by atoms with Crippen LogP contribution in [0.1, 0.15) is 58.4 Å². The molecule has 0 aromatic carbocycles. The molecule has 6 heteroatoms. The van der Waals surface area contributed by atoms with Crippen molar-refractivity contribution >= 4 is 11.8 Å². The van der Waals surface area contributed by atoms with Crippen molar-refractivity contribution in [2.24, 2.45) is 4.99 Å². The summed E-state index contributed by atoms with van der Waals surface area (Å²) in [4.78, 5) is 11.7. The maximum Gasteiger partial charge on any atom is 0.191 e. The SMILES string of the molecule is CCCCCCC(C)NC(=NCc1cccnc1N1CCOCC1)NCC. The number of aromatic nitrogens is 1. The van der Waals surface area contributed by atoms with Gasteiger partial charge in [0.05, 0.1) is 19.8 Å². The summed E-state index contributed by atoms with van der Waals surface area (Å²) in [5, 5.41) is 6.92. The molecule has 2 rings (SSSR count). The highest BCUT2D eigenvalue weighted by Crippen LogP contribution is 2.19. The van der Waals surface area contributed by atoms with Crippen molar-refractivity contribution < 1.29 is 4.74 Å². The van der Waals surface area contributed by atoms with E-state index in [9.17, 15) is 0 Å². The van der Waals surface area contributed by atoms with Crippen molar-refractivity contribution in [3.05, 3.63) is 23.9 Å². The minimum atomic E-state index is 0.423. The molecule has 0 radical (unpaired) electrons. The first-order valence-corrected chi connectivity index (χ1v) is 10.6. The van der Waals surface area contributed by atoms with E-state index in [2.05, 4.69) is 47.4 Å². The third-order valence-electron chi connectivity index (χ3n) is 4.80. The van der Waals surface area contributed by atoms with Crippen molar-refractivity contribution in [2.45, 2.75) is 65.5 Å². The highest BCUT2D eigenvalue weighted by atomic mass is 16.5. The Morgan fingerprint density at radius 3 is 2.81 bits per heavy atom. The molecule has 1 aliphatic rings. The largest absolute Gasteiger partial charge is 0.378 e. The van der Waals surface area contributed by atoms with Gasteiger partial charge in [0, 0.05) is 37.4 Å². The zero-order valence-corrected chi connectivity index (χ0v) is 17.3. The summed E-state index contributed by atoms with van der Waals surface area (Å²) in [5.41, 5.74) is 1.16. The number of nitrogens with one attached hydrogen (secondary N) is 2. The van der Waals surface area contributed by atoms with Crippen LogP contribution in [-0.2, 0) is 11.3 Å². The van der Waals surface area contributed by atoms with Crippen LogP contribution < -0.4 is 15.5 Å². The molecule has 27 heavy (non-hydrogen) atoms. The van der Waals surface area contributed by atoms with Crippen molar-refractivity contribution in [1.82, 2.24) is 15.6 Å². The number of nitrogens with zero attached hydrogens (tertiary/aromatic N) is 3. The highest BCUT2D eigenvalue weighted by Gasteiger charge is 2.15. The number of ether oxygens (including phenoxy) is 1. The second-order valence-electron chi connectivity index (χ2n) is 7.18. The van der Waals surface area contributed by atoms with Crippen LogP contribution in [0, 0.1) is 0 Å². The lowest BCUT2D eigenvalue weighted by Gasteiger charge is -2.29. The standard InChI is InChI=1S/C21H37N5O/c1-4-6-7-8-10-18(3)25-21(22-5-2)24-17-19-11-9-12-23-20(19)26-13-15-27-16-14-26/h9,11-12,18H,4-8,10,13-17H2,1-3H3,(H2,22,24,25). The van der Waals surface area contributed by atoms with Gasteiger partial charge < -0.3 is 20.3 Å². The van der Waals surface area contributed by atoms with Gasteiger partial charge in [0.2, 0.25) is 0 Å². The van der Waals surface area contributed by atoms with Crippen molar-refractivity contribution in [3.8, 4) is 0 Å². The number of rotatable bonds is 10. The number of morpholine rings is 1. The molecular formula is C21H37N5O. The second-order valence-corrected chi connectivity index (χ2v) is 7.18. The molecule has 1 atom stereocenters. The molecule has 0 spiro atoms. The van der Waals surface area contributed by atoms with Crippen molar-refractivity contribution in [2.75, 3.05) is 37.7 Å². The predicted molar refractivity (Wildman–Crippen MR) is 113 cm³/mol. The van der Waals surface area contributed by atoms with E-state index >= 15 is 0 Å². The van der Waals surface area contributed by atoms with E-state index in [4.69, 9.17) is 9.73 Å². The molecule has 1 aromatic heterocycles. The Kier molecular flexibility index (Phi) is 9.98. The van der Waals surface area contributed by atoms with Gasteiger partial charge in [-0.3, -0.25) is 0 Å². The van der Waals surface area contributed by atoms with Gasteiger partial charge >= 0.3 is 0 Å². The van der Waals surface area contributed by atoms with Gasteiger partial charge in [-0.1, -0.05) is 38.7 Å². The summed E-state index contributed by atoms with van der Waals surface area (Å²) >= 11 is 0. The summed E-state index contributed by atoms with van der Waals surface area (Å²) in [6, 6.07) is 4.54. The second kappa shape index (κ2) is 12.5. The fourth-order valence-corrected chi connectivity index (χ4v) is 3.28. The molecule has 0 saturated carbocycles. The van der Waals surface area contributed by atoms with Crippen LogP contribution in [0.3, 0.4) is 0 Å². The summed E-state index contributed by atoms with van der Waals surface area (Å²) < 4.78 is 5.47. The van der Waals surface area contributed by atoms with E-state index in [-0.39, 0.29) is 0 Å². The highest BCUT2D eigenvalue weighted by molar-refractivity contribution is 5.80. The molecule has 1 unspecified atom stereocenters. The summed E-state index contributed by atoms with van der Waals surface area (Å²) in [5.74, 6) is 1.92. The average molecular weight is 376 g/mol. The molecule has 6 nitrogen and oxygen atoms in total. The van der Waals surface area contributed by atoms with Gasteiger partial charge in [-0.15, -0.1) is 0 Å². The van der Waals surface area contributed by atoms with E-state index in [1.54, 1.807) is 0 Å². The fourth-order valence-electron chi connectivity index (χ4n) is 3.28. The van der Waals surface area contributed by atoms with Crippen LogP contribution in [0.2, 0.25) is 0 Å². The van der Waals surface area contributed by atoms with E-state index in [1.165, 1.54) is 32.1 Å². The average Bonchev–Trinajstić information content (AvgIpc) is 2.70. The predicted octanol–water partition coefficient (Wildman–Crippen LogP) is 3.33. The molecule has 2 heterocycles. The van der Waals surface area contributed by atoms with E-state index in [0.717, 1.165) is 50.2 Å². The molecule has 0 amide bonds. The number of guanidine groups is 1. The zero-order valence-electron chi connectivity index (χ0n) is 17.3. The topological polar surface area (TPSA) is 61.8 Å². The minimum Gasteiger partial charge on any atom is -0.378 e. The molecule has 1 aromatic rings. The van der Waals surface area contributed by atoms with Crippen LogP contribution in [-0.4, -0.2) is 49.8 Å². The lowest BCUT2D eigenvalue weighted by molar-refractivity contribution is 0.122. The van der Waals surface area contributed by atoms with Crippen molar-refractivity contribution in [1.29, 1.82) is 0 Å². The molecule has 0 aliphatic carbocycles. The third-order valence-corrected chi connectivity index (χ3v) is 4.80. The molecule has 2 N–H and O–H groups in total. The van der Waals surface area contributed by atoms with Gasteiger partial charge in [-0.05, 0) is 26.3 Å². The third kappa shape index (κ3) is 7.75.